The van der Waals surface area contributed by atoms with Crippen molar-refractivity contribution >= 4 is 0 Å². The smallest absolute Gasteiger partial charge is 0.00946 e. The molecule has 66 valence electrons. The molecule has 0 aliphatic carbocycles. The topological polar surface area (TPSA) is 3.24 Å². The van der Waals surface area contributed by atoms with Gasteiger partial charge < -0.3 is 4.90 Å². The minimum atomic E-state index is 0.878. The quantitative estimate of drug-likeness (QED) is 0.592. The fourth-order valence-electron chi connectivity index (χ4n) is 2.04. The Morgan fingerprint density at radius 2 is 2.18 bits per heavy atom. The Morgan fingerprint density at radius 1 is 1.45 bits per heavy atom. The monoisotopic (exact) mass is 155 g/mol. The van der Waals surface area contributed by atoms with Crippen LogP contribution in [0.15, 0.2) is 0 Å². The van der Waals surface area contributed by atoms with Gasteiger partial charge in [-0.25, -0.2) is 0 Å². The highest BCUT2D eigenvalue weighted by atomic mass is 15.1. The molecule has 1 heterocycles. The number of nitrogens with zero attached hydrogens (tertiary/aromatic N) is 1. The van der Waals surface area contributed by atoms with E-state index in [1.54, 1.807) is 0 Å². The Kier molecular flexibility index (Phi) is 3.38. The largest absolute Gasteiger partial charge is 0.303 e. The summed E-state index contributed by atoms with van der Waals surface area (Å²) in [4.78, 5) is 2.53. The molecule has 0 aromatic rings. The Labute approximate surface area is 70.8 Å². The van der Waals surface area contributed by atoms with Crippen molar-refractivity contribution in [2.75, 3.05) is 13.6 Å². The zero-order valence-electron chi connectivity index (χ0n) is 8.14. The Balaban J connectivity index is 2.34. The van der Waals surface area contributed by atoms with E-state index >= 15 is 0 Å². The van der Waals surface area contributed by atoms with E-state index in [0.717, 1.165) is 12.0 Å². The second-order valence-electron chi connectivity index (χ2n) is 4.05. The molecule has 0 N–H and O–H groups in total. The fraction of sp³-hybridized carbons (Fsp3) is 1.00. The molecule has 1 fully saturated rings. The molecule has 0 amide bonds. The predicted octanol–water partition coefficient (Wildman–Crippen LogP) is 2.52. The maximum Gasteiger partial charge on any atom is 0.00946 e. The highest BCUT2D eigenvalue weighted by Gasteiger charge is 2.21. The Morgan fingerprint density at radius 3 is 2.82 bits per heavy atom. The van der Waals surface area contributed by atoms with Crippen LogP contribution < -0.4 is 0 Å². The van der Waals surface area contributed by atoms with Gasteiger partial charge in [0.05, 0.1) is 0 Å². The van der Waals surface area contributed by atoms with Gasteiger partial charge in [0.15, 0.2) is 0 Å². The second kappa shape index (κ2) is 4.10. The molecule has 1 heteroatoms. The molecule has 1 nitrogen and oxygen atoms in total. The van der Waals surface area contributed by atoms with Gasteiger partial charge in [-0.15, -0.1) is 0 Å². The van der Waals surface area contributed by atoms with Crippen molar-refractivity contribution in [3.8, 4) is 0 Å². The maximum atomic E-state index is 2.53. The molecule has 0 aromatic carbocycles. The van der Waals surface area contributed by atoms with Crippen LogP contribution in [0.4, 0.5) is 0 Å². The summed E-state index contributed by atoms with van der Waals surface area (Å²) in [6.07, 6.45) is 5.55. The Bertz CT molecular complexity index is 111. The van der Waals surface area contributed by atoms with Crippen LogP contribution >= 0.6 is 0 Å². The lowest BCUT2D eigenvalue weighted by Gasteiger charge is -2.35. The summed E-state index contributed by atoms with van der Waals surface area (Å²) >= 11 is 0. The molecule has 0 spiro atoms. The van der Waals surface area contributed by atoms with Crippen LogP contribution in [0.2, 0.25) is 0 Å². The minimum Gasteiger partial charge on any atom is -0.303 e. The van der Waals surface area contributed by atoms with Gasteiger partial charge in [-0.3, -0.25) is 0 Å². The maximum absolute atomic E-state index is 2.53. The number of likely N-dealkylation sites (tertiary alicyclic amines) is 1. The molecular formula is C10H21N. The zero-order chi connectivity index (χ0) is 8.27. The van der Waals surface area contributed by atoms with Crippen LogP contribution in [-0.4, -0.2) is 24.5 Å². The molecule has 2 atom stereocenters. The first-order chi connectivity index (χ1) is 5.24. The van der Waals surface area contributed by atoms with Crippen molar-refractivity contribution in [1.82, 2.24) is 4.90 Å². The number of hydrogen-bond donors (Lipinski definition) is 0. The summed E-state index contributed by atoms with van der Waals surface area (Å²) in [6.45, 7) is 5.98. The highest BCUT2D eigenvalue weighted by Crippen LogP contribution is 2.23. The molecule has 0 bridgehead atoms. The van der Waals surface area contributed by atoms with Gasteiger partial charge in [0.25, 0.3) is 0 Å². The molecule has 1 rings (SSSR count). The van der Waals surface area contributed by atoms with Crippen molar-refractivity contribution in [3.05, 3.63) is 0 Å². The van der Waals surface area contributed by atoms with Crippen molar-refractivity contribution < 1.29 is 0 Å². The van der Waals surface area contributed by atoms with Gasteiger partial charge in [0.2, 0.25) is 0 Å². The molecular weight excluding hydrogens is 134 g/mol. The van der Waals surface area contributed by atoms with Gasteiger partial charge in [0.1, 0.15) is 0 Å². The zero-order valence-corrected chi connectivity index (χ0v) is 8.14. The predicted molar refractivity (Wildman–Crippen MR) is 49.7 cm³/mol. The molecule has 0 aromatic heterocycles. The first-order valence-electron chi connectivity index (χ1n) is 4.94. The first-order valence-corrected chi connectivity index (χ1v) is 4.94. The third-order valence-electron chi connectivity index (χ3n) is 2.89. The third-order valence-corrected chi connectivity index (χ3v) is 2.89. The van der Waals surface area contributed by atoms with Gasteiger partial charge in [-0.1, -0.05) is 20.3 Å². The van der Waals surface area contributed by atoms with E-state index < -0.39 is 0 Å². The van der Waals surface area contributed by atoms with Crippen molar-refractivity contribution in [2.24, 2.45) is 5.92 Å². The first kappa shape index (κ1) is 9.05. The number of rotatable bonds is 2. The van der Waals surface area contributed by atoms with E-state index in [4.69, 9.17) is 0 Å². The molecule has 1 saturated heterocycles. The van der Waals surface area contributed by atoms with Crippen LogP contribution in [0, 0.1) is 5.92 Å². The van der Waals surface area contributed by atoms with Crippen LogP contribution in [-0.2, 0) is 0 Å². The van der Waals surface area contributed by atoms with E-state index in [1.165, 1.54) is 32.2 Å². The average molecular weight is 155 g/mol. The van der Waals surface area contributed by atoms with Crippen molar-refractivity contribution in [3.63, 3.8) is 0 Å². The fourth-order valence-corrected chi connectivity index (χ4v) is 2.04. The third kappa shape index (κ3) is 2.48. The SMILES string of the molecule is CCC[C@H]1C[C@@H](C)CCN1C. The standard InChI is InChI=1S/C10H21N/c1-4-5-10-8-9(2)6-7-11(10)3/h9-10H,4-8H2,1-3H3/t9-,10-/m0/s1. The molecule has 1 aliphatic rings. The van der Waals surface area contributed by atoms with E-state index in [0.29, 0.717) is 0 Å². The second-order valence-corrected chi connectivity index (χ2v) is 4.05. The van der Waals surface area contributed by atoms with Gasteiger partial charge in [-0.05, 0) is 38.8 Å². The van der Waals surface area contributed by atoms with Gasteiger partial charge >= 0.3 is 0 Å². The number of hydrogen-bond acceptors (Lipinski definition) is 1. The summed E-state index contributed by atoms with van der Waals surface area (Å²) < 4.78 is 0. The van der Waals surface area contributed by atoms with Crippen LogP contribution in [0.5, 0.6) is 0 Å². The summed E-state index contributed by atoms with van der Waals surface area (Å²) in [5, 5.41) is 0. The van der Waals surface area contributed by atoms with Crippen LogP contribution in [0.3, 0.4) is 0 Å². The minimum absolute atomic E-state index is 0.878. The van der Waals surface area contributed by atoms with E-state index in [-0.39, 0.29) is 0 Å². The van der Waals surface area contributed by atoms with Crippen molar-refractivity contribution in [2.45, 2.75) is 45.6 Å². The summed E-state index contributed by atoms with van der Waals surface area (Å²) in [6, 6.07) is 0.878. The van der Waals surface area contributed by atoms with E-state index in [2.05, 4.69) is 25.8 Å². The summed E-state index contributed by atoms with van der Waals surface area (Å²) in [5.74, 6) is 0.961. The lowest BCUT2D eigenvalue weighted by molar-refractivity contribution is 0.140. The summed E-state index contributed by atoms with van der Waals surface area (Å²) in [5.41, 5.74) is 0. The normalized spacial score (nSPS) is 34.1. The van der Waals surface area contributed by atoms with Gasteiger partial charge in [0, 0.05) is 6.04 Å². The van der Waals surface area contributed by atoms with Crippen molar-refractivity contribution in [1.29, 1.82) is 0 Å². The molecule has 1 aliphatic heterocycles. The van der Waals surface area contributed by atoms with Gasteiger partial charge in [-0.2, -0.15) is 0 Å². The van der Waals surface area contributed by atoms with E-state index in [1.807, 2.05) is 0 Å². The lowest BCUT2D eigenvalue weighted by atomic mass is 9.91. The lowest BCUT2D eigenvalue weighted by Crippen LogP contribution is -2.38. The number of piperidine rings is 1. The molecule has 11 heavy (non-hydrogen) atoms. The summed E-state index contributed by atoms with van der Waals surface area (Å²) in [7, 11) is 2.27. The van der Waals surface area contributed by atoms with Crippen LogP contribution in [0.25, 0.3) is 0 Å². The molecule has 0 unspecified atom stereocenters. The Hall–Kier alpha value is -0.0400. The van der Waals surface area contributed by atoms with Crippen LogP contribution in [0.1, 0.15) is 39.5 Å². The van der Waals surface area contributed by atoms with E-state index in [9.17, 15) is 0 Å². The highest BCUT2D eigenvalue weighted by molar-refractivity contribution is 4.77. The average Bonchev–Trinajstić information content (AvgIpc) is 1.98. The molecule has 0 saturated carbocycles. The molecule has 0 radical (unpaired) electrons.